The molecule has 0 bridgehead atoms. The summed E-state index contributed by atoms with van der Waals surface area (Å²) in [4.78, 5) is 0. The molecule has 1 aliphatic rings. The lowest BCUT2D eigenvalue weighted by Crippen LogP contribution is -2.19. The van der Waals surface area contributed by atoms with Gasteiger partial charge in [-0.2, -0.15) is 11.8 Å². The van der Waals surface area contributed by atoms with Crippen LogP contribution in [0.4, 0.5) is 0 Å². The van der Waals surface area contributed by atoms with Crippen LogP contribution >= 0.6 is 11.8 Å². The van der Waals surface area contributed by atoms with Crippen LogP contribution in [0.3, 0.4) is 0 Å². The third-order valence-corrected chi connectivity index (χ3v) is 5.37. The van der Waals surface area contributed by atoms with Crippen molar-refractivity contribution < 1.29 is 4.74 Å². The first-order chi connectivity index (χ1) is 9.19. The number of hydrogen-bond donors (Lipinski definition) is 1. The van der Waals surface area contributed by atoms with Gasteiger partial charge in [0.2, 0.25) is 0 Å². The van der Waals surface area contributed by atoms with Gasteiger partial charge < -0.3 is 10.5 Å². The predicted molar refractivity (Wildman–Crippen MR) is 83.8 cm³/mol. The van der Waals surface area contributed by atoms with Crippen molar-refractivity contribution >= 4 is 11.8 Å². The molecule has 0 spiro atoms. The molecule has 0 saturated heterocycles. The Morgan fingerprint density at radius 1 is 1.42 bits per heavy atom. The van der Waals surface area contributed by atoms with Crippen molar-refractivity contribution in [3.05, 3.63) is 29.8 Å². The van der Waals surface area contributed by atoms with Crippen molar-refractivity contribution in [1.82, 2.24) is 0 Å². The molecule has 0 radical (unpaired) electrons. The first kappa shape index (κ1) is 14.7. The summed E-state index contributed by atoms with van der Waals surface area (Å²) in [6, 6.07) is 8.23. The average Bonchev–Trinajstić information content (AvgIpc) is 2.45. The molecule has 1 aromatic rings. The van der Waals surface area contributed by atoms with Crippen molar-refractivity contribution in [2.75, 3.05) is 12.9 Å². The van der Waals surface area contributed by atoms with Crippen molar-refractivity contribution in [2.24, 2.45) is 11.7 Å². The van der Waals surface area contributed by atoms with Crippen LogP contribution in [0, 0.1) is 5.92 Å². The van der Waals surface area contributed by atoms with E-state index in [4.69, 9.17) is 10.5 Å². The first-order valence-corrected chi connectivity index (χ1v) is 8.25. The largest absolute Gasteiger partial charge is 0.497 e. The van der Waals surface area contributed by atoms with Crippen LogP contribution < -0.4 is 10.5 Å². The highest BCUT2D eigenvalue weighted by atomic mass is 32.2. The Bertz CT molecular complexity index is 396. The van der Waals surface area contributed by atoms with E-state index in [0.29, 0.717) is 0 Å². The molecule has 1 saturated carbocycles. The Morgan fingerprint density at radius 2 is 2.26 bits per heavy atom. The SMILES string of the molecule is COc1cccc(C(N)CSC2CCCC(C)C2)c1. The molecule has 0 heterocycles. The molecule has 0 aromatic heterocycles. The van der Waals surface area contributed by atoms with Gasteiger partial charge in [-0.3, -0.25) is 0 Å². The van der Waals surface area contributed by atoms with Crippen LogP contribution in [-0.2, 0) is 0 Å². The van der Waals surface area contributed by atoms with E-state index in [2.05, 4.69) is 30.8 Å². The zero-order valence-electron chi connectivity index (χ0n) is 12.0. The number of rotatable bonds is 5. The molecule has 0 amide bonds. The smallest absolute Gasteiger partial charge is 0.119 e. The fourth-order valence-electron chi connectivity index (χ4n) is 2.74. The molecular formula is C16H25NOS. The van der Waals surface area contributed by atoms with Crippen LogP contribution in [0.25, 0.3) is 0 Å². The maximum absolute atomic E-state index is 6.29. The lowest BCUT2D eigenvalue weighted by Gasteiger charge is -2.27. The van der Waals surface area contributed by atoms with Crippen LogP contribution in [0.15, 0.2) is 24.3 Å². The molecule has 19 heavy (non-hydrogen) atoms. The highest BCUT2D eigenvalue weighted by molar-refractivity contribution is 7.99. The third-order valence-electron chi connectivity index (χ3n) is 3.92. The molecule has 0 aliphatic heterocycles. The summed E-state index contributed by atoms with van der Waals surface area (Å²) in [5.41, 5.74) is 7.47. The molecule has 3 atom stereocenters. The Kier molecular flexibility index (Phi) is 5.59. The van der Waals surface area contributed by atoms with Crippen LogP contribution in [0.1, 0.15) is 44.2 Å². The van der Waals surface area contributed by atoms with Gasteiger partial charge in [0.15, 0.2) is 0 Å². The van der Waals surface area contributed by atoms with E-state index in [1.807, 2.05) is 12.1 Å². The van der Waals surface area contributed by atoms with Crippen LogP contribution in [-0.4, -0.2) is 18.1 Å². The van der Waals surface area contributed by atoms with Crippen LogP contribution in [0.5, 0.6) is 5.75 Å². The highest BCUT2D eigenvalue weighted by Gasteiger charge is 2.20. The van der Waals surface area contributed by atoms with E-state index in [0.717, 1.165) is 22.7 Å². The van der Waals surface area contributed by atoms with Gasteiger partial charge in [-0.15, -0.1) is 0 Å². The zero-order valence-corrected chi connectivity index (χ0v) is 12.8. The summed E-state index contributed by atoms with van der Waals surface area (Å²) in [5, 5.41) is 0.806. The van der Waals surface area contributed by atoms with E-state index in [-0.39, 0.29) is 6.04 Å². The molecule has 106 valence electrons. The molecule has 2 rings (SSSR count). The minimum atomic E-state index is 0.109. The van der Waals surface area contributed by atoms with Gasteiger partial charge in [-0.25, -0.2) is 0 Å². The van der Waals surface area contributed by atoms with Gasteiger partial charge in [0.25, 0.3) is 0 Å². The standard InChI is InChI=1S/C16H25NOS/c1-12-5-3-8-15(9-12)19-11-16(17)13-6-4-7-14(10-13)18-2/h4,6-7,10,12,15-16H,3,5,8-9,11,17H2,1-2H3. The van der Waals surface area contributed by atoms with Gasteiger partial charge >= 0.3 is 0 Å². The molecule has 1 fully saturated rings. The van der Waals surface area contributed by atoms with E-state index >= 15 is 0 Å². The summed E-state index contributed by atoms with van der Waals surface area (Å²) >= 11 is 2.05. The quantitative estimate of drug-likeness (QED) is 0.884. The molecule has 1 aliphatic carbocycles. The summed E-state index contributed by atoms with van der Waals surface area (Å²) in [6.45, 7) is 2.37. The number of nitrogens with two attached hydrogens (primary N) is 1. The number of thioether (sulfide) groups is 1. The second-order valence-corrected chi connectivity index (χ2v) is 6.94. The topological polar surface area (TPSA) is 35.2 Å². The second kappa shape index (κ2) is 7.20. The maximum Gasteiger partial charge on any atom is 0.119 e. The van der Waals surface area contributed by atoms with Gasteiger partial charge in [-0.1, -0.05) is 31.9 Å². The summed E-state index contributed by atoms with van der Waals surface area (Å²) < 4.78 is 5.25. The molecule has 2 N–H and O–H groups in total. The van der Waals surface area contributed by atoms with Crippen LogP contribution in [0.2, 0.25) is 0 Å². The Hall–Kier alpha value is -0.670. The summed E-state index contributed by atoms with van der Waals surface area (Å²) in [7, 11) is 1.70. The fourth-order valence-corrected chi connectivity index (χ4v) is 4.21. The highest BCUT2D eigenvalue weighted by Crippen LogP contribution is 2.33. The van der Waals surface area contributed by atoms with E-state index in [1.54, 1.807) is 7.11 Å². The van der Waals surface area contributed by atoms with Gasteiger partial charge in [-0.05, 0) is 36.5 Å². The number of benzene rings is 1. The van der Waals surface area contributed by atoms with Crippen molar-refractivity contribution in [3.8, 4) is 5.75 Å². The van der Waals surface area contributed by atoms with Gasteiger partial charge in [0.05, 0.1) is 7.11 Å². The monoisotopic (exact) mass is 279 g/mol. The van der Waals surface area contributed by atoms with Gasteiger partial charge in [0, 0.05) is 17.0 Å². The molecule has 2 nitrogen and oxygen atoms in total. The van der Waals surface area contributed by atoms with Crippen molar-refractivity contribution in [2.45, 2.75) is 43.9 Å². The van der Waals surface area contributed by atoms with Crippen molar-refractivity contribution in [1.29, 1.82) is 0 Å². The second-order valence-electron chi connectivity index (χ2n) is 5.61. The Labute approximate surface area is 121 Å². The minimum absolute atomic E-state index is 0.109. The predicted octanol–water partition coefficient (Wildman–Crippen LogP) is 4.01. The maximum atomic E-state index is 6.29. The molecular weight excluding hydrogens is 254 g/mol. The zero-order chi connectivity index (χ0) is 13.7. The lowest BCUT2D eigenvalue weighted by molar-refractivity contribution is 0.394. The van der Waals surface area contributed by atoms with Gasteiger partial charge in [0.1, 0.15) is 5.75 Å². The molecule has 3 unspecified atom stereocenters. The fraction of sp³-hybridized carbons (Fsp3) is 0.625. The first-order valence-electron chi connectivity index (χ1n) is 7.20. The summed E-state index contributed by atoms with van der Waals surface area (Å²) in [5.74, 6) is 2.79. The molecule has 1 aromatic carbocycles. The van der Waals surface area contributed by atoms with E-state index in [1.165, 1.54) is 31.2 Å². The van der Waals surface area contributed by atoms with Crippen molar-refractivity contribution in [3.63, 3.8) is 0 Å². The average molecular weight is 279 g/mol. The lowest BCUT2D eigenvalue weighted by atomic mass is 9.91. The molecule has 3 heteroatoms. The number of hydrogen-bond acceptors (Lipinski definition) is 3. The normalized spacial score (nSPS) is 25.0. The Balaban J connectivity index is 1.84. The minimum Gasteiger partial charge on any atom is -0.497 e. The summed E-state index contributed by atoms with van der Waals surface area (Å²) in [6.07, 6.45) is 5.50. The number of ether oxygens (including phenoxy) is 1. The number of methoxy groups -OCH3 is 1. The Morgan fingerprint density at radius 3 is 3.00 bits per heavy atom. The van der Waals surface area contributed by atoms with E-state index < -0.39 is 0 Å². The third kappa shape index (κ3) is 4.43. The van der Waals surface area contributed by atoms with E-state index in [9.17, 15) is 0 Å².